The van der Waals surface area contributed by atoms with Crippen molar-refractivity contribution < 1.29 is 13.2 Å². The van der Waals surface area contributed by atoms with Gasteiger partial charge in [0.1, 0.15) is 0 Å². The van der Waals surface area contributed by atoms with Crippen molar-refractivity contribution in [1.29, 1.82) is 5.26 Å². The average Bonchev–Trinajstić information content (AvgIpc) is 2.52. The Morgan fingerprint density at radius 3 is 2.54 bits per heavy atom. The molecule has 0 atom stereocenters. The molecule has 0 saturated heterocycles. The maximum absolute atomic E-state index is 11.9. The van der Waals surface area contributed by atoms with Gasteiger partial charge in [0.15, 0.2) is 0 Å². The molecule has 2 aromatic carbocycles. The van der Waals surface area contributed by atoms with E-state index < -0.39 is 16.1 Å². The molecule has 0 fully saturated rings. The summed E-state index contributed by atoms with van der Waals surface area (Å²) in [4.78, 5) is 11.9. The van der Waals surface area contributed by atoms with Gasteiger partial charge in [0.05, 0.1) is 17.4 Å². The number of urea groups is 1. The van der Waals surface area contributed by atoms with Crippen LogP contribution in [0, 0.1) is 11.3 Å². The van der Waals surface area contributed by atoms with Crippen LogP contribution in [0.3, 0.4) is 0 Å². The SMILES string of the molecule is N#Cc1cccc(NC(=O)NCc2cccc(CS(N)(=O)=O)c2)c1. The first-order chi connectivity index (χ1) is 11.4. The molecule has 0 radical (unpaired) electrons. The minimum absolute atomic E-state index is 0.224. The van der Waals surface area contributed by atoms with Crippen molar-refractivity contribution in [2.45, 2.75) is 12.3 Å². The molecule has 2 rings (SSSR count). The Morgan fingerprint density at radius 2 is 1.83 bits per heavy atom. The number of nitrogens with one attached hydrogen (secondary N) is 2. The summed E-state index contributed by atoms with van der Waals surface area (Å²) in [6.07, 6.45) is 0. The highest BCUT2D eigenvalue weighted by Gasteiger charge is 2.07. The van der Waals surface area contributed by atoms with Gasteiger partial charge in [0.25, 0.3) is 0 Å². The maximum Gasteiger partial charge on any atom is 0.319 e. The minimum atomic E-state index is -3.60. The third-order valence-electron chi connectivity index (χ3n) is 3.06. The predicted molar refractivity (Wildman–Crippen MR) is 90.3 cm³/mol. The number of carbonyl (C=O) groups excluding carboxylic acids is 1. The number of primary sulfonamides is 1. The molecule has 0 heterocycles. The Hall–Kier alpha value is -2.89. The fourth-order valence-corrected chi connectivity index (χ4v) is 2.73. The molecular weight excluding hydrogens is 328 g/mol. The van der Waals surface area contributed by atoms with Crippen LogP contribution in [0.5, 0.6) is 0 Å². The zero-order valence-electron chi connectivity index (χ0n) is 12.7. The summed E-state index contributed by atoms with van der Waals surface area (Å²) < 4.78 is 22.2. The number of nitrogens with two attached hydrogens (primary N) is 1. The molecule has 124 valence electrons. The Balaban J connectivity index is 1.94. The normalized spacial score (nSPS) is 10.7. The van der Waals surface area contributed by atoms with Gasteiger partial charge in [-0.05, 0) is 29.3 Å². The first kappa shape index (κ1) is 17.5. The van der Waals surface area contributed by atoms with Crippen LogP contribution in [-0.2, 0) is 22.3 Å². The third kappa shape index (κ3) is 5.72. The highest BCUT2D eigenvalue weighted by Crippen LogP contribution is 2.10. The molecule has 0 saturated carbocycles. The lowest BCUT2D eigenvalue weighted by atomic mass is 10.1. The van der Waals surface area contributed by atoms with E-state index in [2.05, 4.69) is 10.6 Å². The fourth-order valence-electron chi connectivity index (χ4n) is 2.09. The van der Waals surface area contributed by atoms with Gasteiger partial charge in [-0.15, -0.1) is 0 Å². The Kier molecular flexibility index (Phi) is 5.52. The van der Waals surface area contributed by atoms with Crippen molar-refractivity contribution in [2.75, 3.05) is 5.32 Å². The number of hydrogen-bond donors (Lipinski definition) is 3. The lowest BCUT2D eigenvalue weighted by molar-refractivity contribution is 0.251. The number of nitriles is 1. The Morgan fingerprint density at radius 1 is 1.12 bits per heavy atom. The average molecular weight is 344 g/mol. The highest BCUT2D eigenvalue weighted by atomic mass is 32.2. The van der Waals surface area contributed by atoms with Gasteiger partial charge in [-0.3, -0.25) is 0 Å². The molecule has 24 heavy (non-hydrogen) atoms. The van der Waals surface area contributed by atoms with Crippen molar-refractivity contribution >= 4 is 21.7 Å². The van der Waals surface area contributed by atoms with Gasteiger partial charge in [-0.1, -0.05) is 30.3 Å². The van der Waals surface area contributed by atoms with Gasteiger partial charge in [0, 0.05) is 12.2 Å². The second-order valence-corrected chi connectivity index (χ2v) is 6.74. The van der Waals surface area contributed by atoms with Crippen molar-refractivity contribution in [3.05, 3.63) is 65.2 Å². The second kappa shape index (κ2) is 7.59. The van der Waals surface area contributed by atoms with Crippen LogP contribution in [0.1, 0.15) is 16.7 Å². The van der Waals surface area contributed by atoms with E-state index in [0.29, 0.717) is 16.8 Å². The van der Waals surface area contributed by atoms with Crippen LogP contribution in [0.2, 0.25) is 0 Å². The van der Waals surface area contributed by atoms with Gasteiger partial charge in [-0.2, -0.15) is 5.26 Å². The number of amides is 2. The molecule has 0 unspecified atom stereocenters. The molecule has 7 nitrogen and oxygen atoms in total. The molecule has 2 amide bonds. The minimum Gasteiger partial charge on any atom is -0.334 e. The topological polar surface area (TPSA) is 125 Å². The summed E-state index contributed by atoms with van der Waals surface area (Å²) in [6.45, 7) is 0.224. The predicted octanol–water partition coefficient (Wildman–Crippen LogP) is 1.67. The smallest absolute Gasteiger partial charge is 0.319 e. The molecule has 0 aliphatic rings. The molecule has 0 spiro atoms. The molecule has 2 aromatic rings. The zero-order valence-corrected chi connectivity index (χ0v) is 13.5. The van der Waals surface area contributed by atoms with Crippen LogP contribution in [0.4, 0.5) is 10.5 Å². The zero-order chi connectivity index (χ0) is 17.6. The maximum atomic E-state index is 11.9. The Bertz CT molecular complexity index is 888. The van der Waals surface area contributed by atoms with Crippen LogP contribution in [-0.4, -0.2) is 14.4 Å². The molecule has 0 bridgehead atoms. The fraction of sp³-hybridized carbons (Fsp3) is 0.125. The highest BCUT2D eigenvalue weighted by molar-refractivity contribution is 7.88. The van der Waals surface area contributed by atoms with E-state index in [4.69, 9.17) is 10.4 Å². The van der Waals surface area contributed by atoms with Crippen molar-refractivity contribution in [1.82, 2.24) is 5.32 Å². The van der Waals surface area contributed by atoms with Gasteiger partial charge < -0.3 is 10.6 Å². The first-order valence-electron chi connectivity index (χ1n) is 6.99. The lowest BCUT2D eigenvalue weighted by Gasteiger charge is -2.09. The summed E-state index contributed by atoms with van der Waals surface area (Å²) in [6, 6.07) is 14.9. The number of sulfonamides is 1. The number of anilines is 1. The quantitative estimate of drug-likeness (QED) is 0.763. The van der Waals surface area contributed by atoms with Gasteiger partial charge in [0.2, 0.25) is 10.0 Å². The summed E-state index contributed by atoms with van der Waals surface area (Å²) in [5, 5.41) is 19.1. The van der Waals surface area contributed by atoms with E-state index in [9.17, 15) is 13.2 Å². The molecule has 8 heteroatoms. The van der Waals surface area contributed by atoms with E-state index >= 15 is 0 Å². The number of carbonyl (C=O) groups is 1. The molecular formula is C16H16N4O3S. The van der Waals surface area contributed by atoms with Crippen LogP contribution < -0.4 is 15.8 Å². The third-order valence-corrected chi connectivity index (χ3v) is 3.80. The van der Waals surface area contributed by atoms with Crippen molar-refractivity contribution in [2.24, 2.45) is 5.14 Å². The summed E-state index contributed by atoms with van der Waals surface area (Å²) >= 11 is 0. The number of nitrogens with zero attached hydrogens (tertiary/aromatic N) is 1. The number of hydrogen-bond acceptors (Lipinski definition) is 4. The monoisotopic (exact) mass is 344 g/mol. The molecule has 4 N–H and O–H groups in total. The Labute approximate surface area is 140 Å². The molecule has 0 aliphatic heterocycles. The van der Waals surface area contributed by atoms with E-state index in [0.717, 1.165) is 5.56 Å². The van der Waals surface area contributed by atoms with E-state index in [1.54, 1.807) is 48.5 Å². The number of rotatable bonds is 5. The summed E-state index contributed by atoms with van der Waals surface area (Å²) in [5.74, 6) is -0.256. The van der Waals surface area contributed by atoms with E-state index in [1.165, 1.54) is 0 Å². The second-order valence-electron chi connectivity index (χ2n) is 5.13. The van der Waals surface area contributed by atoms with Crippen molar-refractivity contribution in [3.8, 4) is 6.07 Å². The van der Waals surface area contributed by atoms with Crippen LogP contribution in [0.25, 0.3) is 0 Å². The first-order valence-corrected chi connectivity index (χ1v) is 8.70. The van der Waals surface area contributed by atoms with E-state index in [1.807, 2.05) is 6.07 Å². The largest absolute Gasteiger partial charge is 0.334 e. The van der Waals surface area contributed by atoms with Gasteiger partial charge >= 0.3 is 6.03 Å². The van der Waals surface area contributed by atoms with E-state index in [-0.39, 0.29) is 12.3 Å². The van der Waals surface area contributed by atoms with Gasteiger partial charge in [-0.25, -0.2) is 18.4 Å². The standard InChI is InChI=1S/C16H16N4O3S/c17-9-12-3-2-6-15(8-12)20-16(21)19-10-13-4-1-5-14(7-13)11-24(18,22)23/h1-8H,10-11H2,(H2,18,22,23)(H2,19,20,21). The summed E-state index contributed by atoms with van der Waals surface area (Å²) in [5.41, 5.74) is 2.26. The molecule has 0 aromatic heterocycles. The van der Waals surface area contributed by atoms with Crippen molar-refractivity contribution in [3.63, 3.8) is 0 Å². The summed E-state index contributed by atoms with van der Waals surface area (Å²) in [7, 11) is -3.60. The van der Waals surface area contributed by atoms with Crippen LogP contribution >= 0.6 is 0 Å². The van der Waals surface area contributed by atoms with Crippen LogP contribution in [0.15, 0.2) is 48.5 Å². The molecule has 0 aliphatic carbocycles. The lowest BCUT2D eigenvalue weighted by Crippen LogP contribution is -2.28. The number of benzene rings is 2.